The van der Waals surface area contributed by atoms with Crippen molar-refractivity contribution in [2.24, 2.45) is 0 Å². The van der Waals surface area contributed by atoms with E-state index < -0.39 is 18.0 Å². The monoisotopic (exact) mass is 411 g/mol. The van der Waals surface area contributed by atoms with Crippen LogP contribution in [0, 0.1) is 11.8 Å². The maximum absolute atomic E-state index is 11.9. The fraction of sp³-hybridized carbons (Fsp3) is 0.348. The normalized spacial score (nSPS) is 14.2. The fourth-order valence-corrected chi connectivity index (χ4v) is 2.60. The highest BCUT2D eigenvalue weighted by molar-refractivity contribution is 5.88. The predicted molar refractivity (Wildman–Crippen MR) is 110 cm³/mol. The summed E-state index contributed by atoms with van der Waals surface area (Å²) < 4.78 is 15.2. The van der Waals surface area contributed by atoms with Gasteiger partial charge >= 0.3 is 18.0 Å². The van der Waals surface area contributed by atoms with Crippen LogP contribution in [0.3, 0.4) is 0 Å². The van der Waals surface area contributed by atoms with Crippen molar-refractivity contribution in [3.8, 4) is 11.8 Å². The Kier molecular flexibility index (Phi) is 9.19. The second kappa shape index (κ2) is 12.1. The number of ether oxygens (including phenoxy) is 3. The Morgan fingerprint density at radius 3 is 2.70 bits per heavy atom. The van der Waals surface area contributed by atoms with Crippen LogP contribution >= 0.6 is 0 Å². The van der Waals surface area contributed by atoms with Crippen molar-refractivity contribution in [1.82, 2.24) is 4.90 Å². The Balaban J connectivity index is 1.76. The molecule has 0 spiro atoms. The molecule has 1 heterocycles. The standard InChI is InChI=1S/C23H25NO6/c1-3-28-23(27)24-15-7-10-19(16-24)12-14-22(26)30-18(2)11-13-21(25)29-17-20-8-5-4-6-9-20/h4-6,8-10,12,14,18H,3,7,15-17H2,1-2H3/b14-12+/t18-/m1/s1. The first-order valence-corrected chi connectivity index (χ1v) is 9.69. The van der Waals surface area contributed by atoms with Gasteiger partial charge in [0, 0.05) is 25.1 Å². The summed E-state index contributed by atoms with van der Waals surface area (Å²) in [5.41, 5.74) is 1.67. The number of esters is 2. The number of carbonyl (C=O) groups is 3. The zero-order valence-corrected chi connectivity index (χ0v) is 17.1. The molecule has 0 saturated carbocycles. The van der Waals surface area contributed by atoms with Crippen LogP contribution in [0.25, 0.3) is 0 Å². The molecule has 1 aliphatic rings. The van der Waals surface area contributed by atoms with Crippen molar-refractivity contribution in [2.75, 3.05) is 19.7 Å². The van der Waals surface area contributed by atoms with Gasteiger partial charge < -0.3 is 19.1 Å². The lowest BCUT2D eigenvalue weighted by Crippen LogP contribution is -2.36. The highest BCUT2D eigenvalue weighted by Gasteiger charge is 2.18. The number of carbonyl (C=O) groups excluding carboxylic acids is 3. The molecule has 0 saturated heterocycles. The number of nitrogens with zero attached hydrogens (tertiary/aromatic N) is 1. The van der Waals surface area contributed by atoms with Crippen molar-refractivity contribution in [3.63, 3.8) is 0 Å². The summed E-state index contributed by atoms with van der Waals surface area (Å²) in [6, 6.07) is 9.25. The van der Waals surface area contributed by atoms with Crippen LogP contribution in [0.1, 0.15) is 25.8 Å². The van der Waals surface area contributed by atoms with Crippen LogP contribution in [-0.2, 0) is 30.4 Å². The second-order valence-corrected chi connectivity index (χ2v) is 6.43. The van der Waals surface area contributed by atoms with Gasteiger partial charge in [-0.1, -0.05) is 42.5 Å². The summed E-state index contributed by atoms with van der Waals surface area (Å²) in [4.78, 5) is 37.0. The van der Waals surface area contributed by atoms with Crippen molar-refractivity contribution in [2.45, 2.75) is 33.0 Å². The number of rotatable bonds is 6. The Labute approximate surface area is 176 Å². The van der Waals surface area contributed by atoms with Gasteiger partial charge in [0.2, 0.25) is 0 Å². The second-order valence-electron chi connectivity index (χ2n) is 6.43. The number of hydrogen-bond acceptors (Lipinski definition) is 6. The molecule has 0 unspecified atom stereocenters. The van der Waals surface area contributed by atoms with E-state index >= 15 is 0 Å². The first-order valence-electron chi connectivity index (χ1n) is 9.69. The van der Waals surface area contributed by atoms with Crippen LogP contribution in [-0.4, -0.2) is 48.7 Å². The van der Waals surface area contributed by atoms with Gasteiger partial charge in [-0.25, -0.2) is 14.4 Å². The van der Waals surface area contributed by atoms with Crippen LogP contribution in [0.5, 0.6) is 0 Å². The minimum absolute atomic E-state index is 0.128. The molecule has 0 fully saturated rings. The molecule has 0 aliphatic carbocycles. The molecule has 1 amide bonds. The molecule has 7 nitrogen and oxygen atoms in total. The molecule has 1 aliphatic heterocycles. The van der Waals surface area contributed by atoms with Crippen molar-refractivity contribution < 1.29 is 28.6 Å². The van der Waals surface area contributed by atoms with E-state index in [2.05, 4.69) is 11.8 Å². The van der Waals surface area contributed by atoms with Gasteiger partial charge in [0.15, 0.2) is 6.10 Å². The lowest BCUT2D eigenvalue weighted by Gasteiger charge is -2.25. The molecule has 7 heteroatoms. The first-order chi connectivity index (χ1) is 14.5. The Hall–Kier alpha value is -3.53. The maximum Gasteiger partial charge on any atom is 0.410 e. The average molecular weight is 411 g/mol. The smallest absolute Gasteiger partial charge is 0.410 e. The van der Waals surface area contributed by atoms with Crippen molar-refractivity contribution in [3.05, 3.63) is 59.7 Å². The quantitative estimate of drug-likeness (QED) is 0.235. The van der Waals surface area contributed by atoms with Crippen molar-refractivity contribution in [1.29, 1.82) is 0 Å². The SMILES string of the molecule is CCOC(=O)N1CCC=C(/C=C/C(=O)O[C@H](C)C#CC(=O)OCc2ccccc2)C1. The summed E-state index contributed by atoms with van der Waals surface area (Å²) in [5.74, 6) is 3.56. The van der Waals surface area contributed by atoms with Gasteiger partial charge in [-0.2, -0.15) is 0 Å². The largest absolute Gasteiger partial charge is 0.451 e. The van der Waals surface area contributed by atoms with Crippen LogP contribution in [0.15, 0.2) is 54.1 Å². The molecular weight excluding hydrogens is 386 g/mol. The molecule has 0 radical (unpaired) electrons. The lowest BCUT2D eigenvalue weighted by atomic mass is 10.1. The van der Waals surface area contributed by atoms with E-state index in [1.54, 1.807) is 24.8 Å². The average Bonchev–Trinajstić information content (AvgIpc) is 2.76. The summed E-state index contributed by atoms with van der Waals surface area (Å²) in [6.45, 7) is 4.70. The van der Waals surface area contributed by atoms with E-state index in [1.165, 1.54) is 6.08 Å². The van der Waals surface area contributed by atoms with Crippen molar-refractivity contribution >= 4 is 18.0 Å². The molecule has 1 atom stereocenters. The van der Waals surface area contributed by atoms with Crippen LogP contribution in [0.4, 0.5) is 4.79 Å². The molecule has 0 aromatic heterocycles. The van der Waals surface area contributed by atoms with E-state index in [9.17, 15) is 14.4 Å². The Bertz CT molecular complexity index is 863. The molecule has 158 valence electrons. The van der Waals surface area contributed by atoms with E-state index in [4.69, 9.17) is 14.2 Å². The summed E-state index contributed by atoms with van der Waals surface area (Å²) in [6.07, 6.45) is 4.35. The molecule has 2 rings (SSSR count). The van der Waals surface area contributed by atoms with Gasteiger partial charge in [-0.05, 0) is 37.3 Å². The minimum Gasteiger partial charge on any atom is -0.451 e. The van der Waals surface area contributed by atoms with E-state index in [0.29, 0.717) is 26.1 Å². The van der Waals surface area contributed by atoms with Crippen LogP contribution in [0.2, 0.25) is 0 Å². The Morgan fingerprint density at radius 2 is 1.97 bits per heavy atom. The number of hydrogen-bond donors (Lipinski definition) is 0. The topological polar surface area (TPSA) is 82.1 Å². The molecule has 0 N–H and O–H groups in total. The minimum atomic E-state index is -0.775. The molecule has 30 heavy (non-hydrogen) atoms. The van der Waals surface area contributed by atoms with E-state index in [1.807, 2.05) is 36.4 Å². The highest BCUT2D eigenvalue weighted by Crippen LogP contribution is 2.12. The maximum atomic E-state index is 11.9. The number of amides is 1. The van der Waals surface area contributed by atoms with Gasteiger partial charge in [0.05, 0.1) is 6.61 Å². The molecular formula is C23H25NO6. The highest BCUT2D eigenvalue weighted by atomic mass is 16.6. The van der Waals surface area contributed by atoms with E-state index in [0.717, 1.165) is 11.1 Å². The zero-order valence-electron chi connectivity index (χ0n) is 17.1. The van der Waals surface area contributed by atoms with E-state index in [-0.39, 0.29) is 12.7 Å². The first kappa shape index (κ1) is 22.8. The Morgan fingerprint density at radius 1 is 1.20 bits per heavy atom. The predicted octanol–water partition coefficient (Wildman–Crippen LogP) is 3.01. The zero-order chi connectivity index (χ0) is 21.8. The molecule has 1 aromatic rings. The fourth-order valence-electron chi connectivity index (χ4n) is 2.60. The summed E-state index contributed by atoms with van der Waals surface area (Å²) >= 11 is 0. The number of benzene rings is 1. The third-order valence-electron chi connectivity index (χ3n) is 4.02. The summed E-state index contributed by atoms with van der Waals surface area (Å²) in [5, 5.41) is 0. The molecule has 0 bridgehead atoms. The third kappa shape index (κ3) is 8.23. The van der Waals surface area contributed by atoms with Gasteiger partial charge in [-0.3, -0.25) is 0 Å². The lowest BCUT2D eigenvalue weighted by molar-refractivity contribution is -0.140. The molecule has 1 aromatic carbocycles. The summed E-state index contributed by atoms with van der Waals surface area (Å²) in [7, 11) is 0. The third-order valence-corrected chi connectivity index (χ3v) is 4.02. The van der Waals surface area contributed by atoms with Crippen LogP contribution < -0.4 is 0 Å². The van der Waals surface area contributed by atoms with Gasteiger partial charge in [-0.15, -0.1) is 0 Å². The van der Waals surface area contributed by atoms with Gasteiger partial charge in [0.1, 0.15) is 6.61 Å². The van der Waals surface area contributed by atoms with Gasteiger partial charge in [0.25, 0.3) is 0 Å².